The van der Waals surface area contributed by atoms with Crippen molar-refractivity contribution in [3.8, 4) is 11.5 Å². The molecule has 6 heteroatoms. The number of rotatable bonds is 7. The summed E-state index contributed by atoms with van der Waals surface area (Å²) in [7, 11) is 1.49. The van der Waals surface area contributed by atoms with Gasteiger partial charge < -0.3 is 9.47 Å². The number of carbonyl (C=O) groups is 1. The van der Waals surface area contributed by atoms with E-state index in [0.717, 1.165) is 23.8 Å². The van der Waals surface area contributed by atoms with Crippen LogP contribution in [0.3, 0.4) is 0 Å². The monoisotopic (exact) mass is 390 g/mol. The molecule has 0 unspecified atom stereocenters. The van der Waals surface area contributed by atoms with Crippen LogP contribution < -0.4 is 9.47 Å². The van der Waals surface area contributed by atoms with E-state index in [2.05, 4.69) is 0 Å². The van der Waals surface area contributed by atoms with Crippen molar-refractivity contribution in [2.24, 2.45) is 0 Å². The number of methoxy groups -OCH3 is 1. The number of ether oxygens (including phenoxy) is 2. The molecule has 0 aliphatic rings. The molecule has 0 N–H and O–H groups in total. The lowest BCUT2D eigenvalue weighted by molar-refractivity contribution is -0.137. The molecule has 0 atom stereocenters. The number of alkyl halides is 3. The van der Waals surface area contributed by atoms with Crippen molar-refractivity contribution in [2.45, 2.75) is 20.0 Å². The maximum absolute atomic E-state index is 13.1. The number of hydrogen-bond acceptors (Lipinski definition) is 3. The van der Waals surface area contributed by atoms with Crippen molar-refractivity contribution in [3.63, 3.8) is 0 Å². The zero-order chi connectivity index (χ0) is 20.7. The highest BCUT2D eigenvalue weighted by Gasteiger charge is 2.34. The van der Waals surface area contributed by atoms with Crippen LogP contribution in [-0.2, 0) is 6.18 Å². The van der Waals surface area contributed by atoms with Crippen LogP contribution in [0.15, 0.2) is 60.2 Å². The number of allylic oxidation sites excluding steroid dienone is 2. The van der Waals surface area contributed by atoms with E-state index in [4.69, 9.17) is 9.47 Å². The van der Waals surface area contributed by atoms with Crippen molar-refractivity contribution in [2.75, 3.05) is 13.7 Å². The largest absolute Gasteiger partial charge is 0.493 e. The van der Waals surface area contributed by atoms with Crippen LogP contribution in [0.5, 0.6) is 11.5 Å². The van der Waals surface area contributed by atoms with Gasteiger partial charge in [-0.15, -0.1) is 0 Å². The highest BCUT2D eigenvalue weighted by atomic mass is 19.4. The van der Waals surface area contributed by atoms with Crippen LogP contribution in [0.4, 0.5) is 13.2 Å². The Labute approximate surface area is 162 Å². The van der Waals surface area contributed by atoms with E-state index < -0.39 is 17.5 Å². The molecular formula is C22H21F3O3. The molecule has 2 aromatic carbocycles. The lowest BCUT2D eigenvalue weighted by Crippen LogP contribution is -2.11. The third-order valence-corrected chi connectivity index (χ3v) is 3.84. The molecule has 28 heavy (non-hydrogen) atoms. The third kappa shape index (κ3) is 5.74. The number of hydrogen-bond donors (Lipinski definition) is 0. The summed E-state index contributed by atoms with van der Waals surface area (Å²) in [6, 6.07) is 9.74. The van der Waals surface area contributed by atoms with Gasteiger partial charge in [-0.25, -0.2) is 0 Å². The minimum atomic E-state index is -4.59. The molecule has 0 radical (unpaired) electrons. The standard InChI is InChI=1S/C22H21F3O3/c1-15(2)12-13-28-20-11-9-16(14-21(20)27-3)8-10-19(26)17-6-4-5-7-18(17)22(23,24)25/h4-12,14H,13H2,1-3H3/b10-8+. The summed E-state index contributed by atoms with van der Waals surface area (Å²) in [6.45, 7) is 4.31. The quantitative estimate of drug-likeness (QED) is 0.333. The minimum Gasteiger partial charge on any atom is -0.493 e. The van der Waals surface area contributed by atoms with E-state index in [9.17, 15) is 18.0 Å². The van der Waals surface area contributed by atoms with E-state index in [1.165, 1.54) is 25.3 Å². The first-order valence-corrected chi connectivity index (χ1v) is 8.55. The molecule has 2 rings (SSSR count). The van der Waals surface area contributed by atoms with Crippen LogP contribution in [0.25, 0.3) is 6.08 Å². The van der Waals surface area contributed by atoms with Gasteiger partial charge in [0.05, 0.1) is 12.7 Å². The van der Waals surface area contributed by atoms with Gasteiger partial charge in [-0.2, -0.15) is 13.2 Å². The first kappa shape index (κ1) is 21.3. The fourth-order valence-corrected chi connectivity index (χ4v) is 2.41. The second-order valence-corrected chi connectivity index (χ2v) is 6.24. The van der Waals surface area contributed by atoms with E-state index in [-0.39, 0.29) is 5.56 Å². The van der Waals surface area contributed by atoms with Crippen LogP contribution >= 0.6 is 0 Å². The first-order chi connectivity index (χ1) is 13.2. The molecule has 0 bridgehead atoms. The normalized spacial score (nSPS) is 11.4. The average molecular weight is 390 g/mol. The summed E-state index contributed by atoms with van der Waals surface area (Å²) in [6.07, 6.45) is -0.113. The Morgan fingerprint density at radius 1 is 1.07 bits per heavy atom. The van der Waals surface area contributed by atoms with Gasteiger partial charge in [-0.05, 0) is 49.8 Å². The zero-order valence-corrected chi connectivity index (χ0v) is 15.8. The van der Waals surface area contributed by atoms with Gasteiger partial charge in [-0.1, -0.05) is 35.9 Å². The van der Waals surface area contributed by atoms with Gasteiger partial charge in [0.25, 0.3) is 0 Å². The molecule has 0 aliphatic carbocycles. The number of benzene rings is 2. The van der Waals surface area contributed by atoms with E-state index >= 15 is 0 Å². The lowest BCUT2D eigenvalue weighted by Gasteiger charge is -2.11. The van der Waals surface area contributed by atoms with Crippen LogP contribution in [0.2, 0.25) is 0 Å². The molecule has 0 spiro atoms. The van der Waals surface area contributed by atoms with Crippen molar-refractivity contribution in [1.82, 2.24) is 0 Å². The minimum absolute atomic E-state index is 0.389. The Kier molecular flexibility index (Phi) is 7.04. The summed E-state index contributed by atoms with van der Waals surface area (Å²) in [5, 5.41) is 0. The second-order valence-electron chi connectivity index (χ2n) is 6.24. The van der Waals surface area contributed by atoms with Crippen molar-refractivity contribution < 1.29 is 27.4 Å². The first-order valence-electron chi connectivity index (χ1n) is 8.55. The summed E-state index contributed by atoms with van der Waals surface area (Å²) < 4.78 is 50.1. The van der Waals surface area contributed by atoms with Crippen LogP contribution in [-0.4, -0.2) is 19.5 Å². The molecule has 0 aromatic heterocycles. The fourth-order valence-electron chi connectivity index (χ4n) is 2.41. The molecule has 0 heterocycles. The fraction of sp³-hybridized carbons (Fsp3) is 0.227. The lowest BCUT2D eigenvalue weighted by atomic mass is 10.0. The van der Waals surface area contributed by atoms with Gasteiger partial charge in [0.15, 0.2) is 17.3 Å². The van der Waals surface area contributed by atoms with E-state index in [1.807, 2.05) is 19.9 Å². The number of ketones is 1. The van der Waals surface area contributed by atoms with Crippen molar-refractivity contribution in [1.29, 1.82) is 0 Å². The van der Waals surface area contributed by atoms with Crippen LogP contribution in [0.1, 0.15) is 35.3 Å². The van der Waals surface area contributed by atoms with Gasteiger partial charge in [-0.3, -0.25) is 4.79 Å². The molecule has 148 valence electrons. The Morgan fingerprint density at radius 3 is 2.43 bits per heavy atom. The molecule has 3 nitrogen and oxygen atoms in total. The predicted molar refractivity (Wildman–Crippen MR) is 103 cm³/mol. The van der Waals surface area contributed by atoms with Crippen molar-refractivity contribution in [3.05, 3.63) is 76.9 Å². The van der Waals surface area contributed by atoms with Crippen molar-refractivity contribution >= 4 is 11.9 Å². The predicted octanol–water partition coefficient (Wildman–Crippen LogP) is 5.96. The Bertz CT molecular complexity index is 892. The second kappa shape index (κ2) is 9.26. The zero-order valence-electron chi connectivity index (χ0n) is 15.8. The average Bonchev–Trinajstić information content (AvgIpc) is 2.65. The molecule has 0 fully saturated rings. The third-order valence-electron chi connectivity index (χ3n) is 3.84. The highest BCUT2D eigenvalue weighted by molar-refractivity contribution is 6.07. The number of carbonyl (C=O) groups excluding carboxylic acids is 1. The topological polar surface area (TPSA) is 35.5 Å². The molecule has 2 aromatic rings. The molecule has 0 saturated carbocycles. The van der Waals surface area contributed by atoms with E-state index in [1.54, 1.807) is 18.2 Å². The highest BCUT2D eigenvalue weighted by Crippen LogP contribution is 2.32. The Balaban J connectivity index is 2.20. The maximum Gasteiger partial charge on any atom is 0.417 e. The summed E-state index contributed by atoms with van der Waals surface area (Å²) in [5.74, 6) is 0.272. The SMILES string of the molecule is COc1cc(/C=C/C(=O)c2ccccc2C(F)(F)F)ccc1OCC=C(C)C. The molecular weight excluding hydrogens is 369 g/mol. The number of halogens is 3. The Morgan fingerprint density at radius 2 is 1.79 bits per heavy atom. The molecule has 0 amide bonds. The van der Waals surface area contributed by atoms with Gasteiger partial charge in [0.2, 0.25) is 0 Å². The summed E-state index contributed by atoms with van der Waals surface area (Å²) >= 11 is 0. The van der Waals surface area contributed by atoms with Gasteiger partial charge in [0, 0.05) is 5.56 Å². The van der Waals surface area contributed by atoms with E-state index in [0.29, 0.717) is 23.7 Å². The molecule has 0 aliphatic heterocycles. The summed E-state index contributed by atoms with van der Waals surface area (Å²) in [4.78, 5) is 12.3. The van der Waals surface area contributed by atoms with Crippen LogP contribution in [0, 0.1) is 0 Å². The molecule has 0 saturated heterocycles. The van der Waals surface area contributed by atoms with Gasteiger partial charge >= 0.3 is 6.18 Å². The smallest absolute Gasteiger partial charge is 0.417 e. The van der Waals surface area contributed by atoms with Gasteiger partial charge in [0.1, 0.15) is 6.61 Å². The maximum atomic E-state index is 13.1. The summed E-state index contributed by atoms with van der Waals surface area (Å²) in [5.41, 5.74) is 0.380. The Hall–Kier alpha value is -3.02.